The van der Waals surface area contributed by atoms with Crippen molar-refractivity contribution in [2.45, 2.75) is 25.6 Å². The molecule has 156 valence electrons. The van der Waals surface area contributed by atoms with Crippen LogP contribution in [0.15, 0.2) is 48.5 Å². The number of ether oxygens (including phenoxy) is 4. The summed E-state index contributed by atoms with van der Waals surface area (Å²) in [4.78, 5) is 0. The van der Waals surface area contributed by atoms with Gasteiger partial charge in [0.25, 0.3) is 0 Å². The summed E-state index contributed by atoms with van der Waals surface area (Å²) in [5.41, 5.74) is 5.60. The molecule has 3 heterocycles. The molecule has 1 aromatic heterocycles. The molecule has 0 bridgehead atoms. The van der Waals surface area contributed by atoms with Gasteiger partial charge in [0.2, 0.25) is 0 Å². The van der Waals surface area contributed by atoms with Gasteiger partial charge >= 0.3 is 0 Å². The van der Waals surface area contributed by atoms with Crippen LogP contribution in [0.25, 0.3) is 22.5 Å². The van der Waals surface area contributed by atoms with E-state index in [4.69, 9.17) is 24.0 Å². The zero-order chi connectivity index (χ0) is 20.5. The highest BCUT2D eigenvalue weighted by atomic mass is 16.6. The smallest absolute Gasteiger partial charge is 0.119 e. The Balaban J connectivity index is 1.37. The van der Waals surface area contributed by atoms with Gasteiger partial charge in [0.1, 0.15) is 36.9 Å². The van der Waals surface area contributed by atoms with Gasteiger partial charge in [-0.25, -0.2) is 0 Å². The molecule has 0 N–H and O–H groups in total. The first-order chi connectivity index (χ1) is 14.7. The SMILES string of the molecule is CCc1c(-c2ccc(OCC3CO3)cc2)nn(C)c1-c1ccc(OCC2CO2)cc1. The molecule has 5 rings (SSSR count). The van der Waals surface area contributed by atoms with E-state index >= 15 is 0 Å². The highest BCUT2D eigenvalue weighted by Gasteiger charge is 2.24. The molecular formula is C24H26N2O4. The number of aryl methyl sites for hydroxylation is 1. The van der Waals surface area contributed by atoms with Crippen LogP contribution in [0.5, 0.6) is 11.5 Å². The van der Waals surface area contributed by atoms with E-state index in [1.165, 1.54) is 5.56 Å². The minimum Gasteiger partial charge on any atom is -0.491 e. The van der Waals surface area contributed by atoms with E-state index in [9.17, 15) is 0 Å². The van der Waals surface area contributed by atoms with E-state index < -0.39 is 0 Å². The molecule has 3 aromatic rings. The third-order valence-electron chi connectivity index (χ3n) is 5.43. The van der Waals surface area contributed by atoms with Crippen molar-refractivity contribution in [3.63, 3.8) is 0 Å². The summed E-state index contributed by atoms with van der Waals surface area (Å²) in [5.74, 6) is 1.72. The summed E-state index contributed by atoms with van der Waals surface area (Å²) >= 11 is 0. The first kappa shape index (κ1) is 19.2. The van der Waals surface area contributed by atoms with Crippen LogP contribution in [0.1, 0.15) is 12.5 Å². The molecule has 2 aromatic carbocycles. The second kappa shape index (κ2) is 8.13. The molecule has 2 aliphatic rings. The molecule has 2 unspecified atom stereocenters. The summed E-state index contributed by atoms with van der Waals surface area (Å²) in [7, 11) is 2.00. The van der Waals surface area contributed by atoms with Gasteiger partial charge in [0, 0.05) is 23.7 Å². The average Bonchev–Trinajstić information content (AvgIpc) is 3.70. The molecule has 2 aliphatic heterocycles. The van der Waals surface area contributed by atoms with Gasteiger partial charge in [-0.3, -0.25) is 4.68 Å². The maximum absolute atomic E-state index is 5.76. The Labute approximate surface area is 176 Å². The second-order valence-corrected chi connectivity index (χ2v) is 7.73. The standard InChI is InChI=1S/C24H26N2O4/c1-3-22-23(16-4-8-18(9-5-16)27-12-20-14-29-20)25-26(2)24(22)17-6-10-19(11-7-17)28-13-21-15-30-21/h4-11,20-21H,3,12-15H2,1-2H3. The minimum atomic E-state index is 0.258. The molecule has 6 heteroatoms. The maximum atomic E-state index is 5.76. The molecule has 30 heavy (non-hydrogen) atoms. The highest BCUT2D eigenvalue weighted by Crippen LogP contribution is 2.34. The predicted molar refractivity (Wildman–Crippen MR) is 114 cm³/mol. The van der Waals surface area contributed by atoms with Crippen molar-refractivity contribution >= 4 is 0 Å². The Bertz CT molecular complexity index is 1000. The second-order valence-electron chi connectivity index (χ2n) is 7.73. The first-order valence-electron chi connectivity index (χ1n) is 10.5. The van der Waals surface area contributed by atoms with Crippen LogP contribution in [0.2, 0.25) is 0 Å². The topological polar surface area (TPSA) is 61.3 Å². The highest BCUT2D eigenvalue weighted by molar-refractivity contribution is 5.75. The van der Waals surface area contributed by atoms with E-state index in [2.05, 4.69) is 31.2 Å². The fourth-order valence-electron chi connectivity index (χ4n) is 3.62. The van der Waals surface area contributed by atoms with Crippen LogP contribution >= 0.6 is 0 Å². The fraction of sp³-hybridized carbons (Fsp3) is 0.375. The lowest BCUT2D eigenvalue weighted by atomic mass is 10.00. The molecule has 2 saturated heterocycles. The largest absolute Gasteiger partial charge is 0.491 e. The normalized spacial score (nSPS) is 19.5. The summed E-state index contributed by atoms with van der Waals surface area (Å²) in [6.07, 6.45) is 1.41. The van der Waals surface area contributed by atoms with Gasteiger partial charge in [-0.05, 0) is 55.0 Å². The van der Waals surface area contributed by atoms with E-state index in [1.807, 2.05) is 36.0 Å². The quantitative estimate of drug-likeness (QED) is 0.505. The number of nitrogens with zero attached hydrogens (tertiary/aromatic N) is 2. The van der Waals surface area contributed by atoms with Crippen LogP contribution < -0.4 is 9.47 Å². The lowest BCUT2D eigenvalue weighted by Crippen LogP contribution is -2.03. The van der Waals surface area contributed by atoms with Gasteiger partial charge in [-0.1, -0.05) is 6.92 Å². The Kier molecular flexibility index (Phi) is 5.19. The Morgan fingerprint density at radius 1 is 0.867 bits per heavy atom. The number of rotatable bonds is 9. The van der Waals surface area contributed by atoms with Gasteiger partial charge in [0.15, 0.2) is 0 Å². The van der Waals surface area contributed by atoms with Crippen molar-refractivity contribution in [3.05, 3.63) is 54.1 Å². The van der Waals surface area contributed by atoms with Gasteiger partial charge in [-0.15, -0.1) is 0 Å². The van der Waals surface area contributed by atoms with Gasteiger partial charge < -0.3 is 18.9 Å². The molecule has 0 saturated carbocycles. The summed E-state index contributed by atoms with van der Waals surface area (Å²) in [6.45, 7) is 5.00. The van der Waals surface area contributed by atoms with Crippen LogP contribution in [-0.4, -0.2) is 48.4 Å². The Hall–Kier alpha value is -2.83. The van der Waals surface area contributed by atoms with Crippen LogP contribution in [0.4, 0.5) is 0 Å². The zero-order valence-corrected chi connectivity index (χ0v) is 17.3. The van der Waals surface area contributed by atoms with E-state index in [0.717, 1.165) is 53.6 Å². The number of hydrogen-bond acceptors (Lipinski definition) is 5. The molecule has 6 nitrogen and oxygen atoms in total. The Morgan fingerprint density at radius 3 is 1.83 bits per heavy atom. The summed E-state index contributed by atoms with van der Waals surface area (Å²) in [5, 5.41) is 4.84. The molecule has 2 atom stereocenters. The van der Waals surface area contributed by atoms with Crippen molar-refractivity contribution in [1.29, 1.82) is 0 Å². The molecule has 0 aliphatic carbocycles. The monoisotopic (exact) mass is 406 g/mol. The Morgan fingerprint density at radius 2 is 1.37 bits per heavy atom. The summed E-state index contributed by atoms with van der Waals surface area (Å²) < 4.78 is 23.9. The van der Waals surface area contributed by atoms with Gasteiger partial charge in [0.05, 0.1) is 24.6 Å². The van der Waals surface area contributed by atoms with Crippen molar-refractivity contribution in [2.75, 3.05) is 26.4 Å². The third kappa shape index (κ3) is 4.20. The molecule has 0 spiro atoms. The number of hydrogen-bond donors (Lipinski definition) is 0. The van der Waals surface area contributed by atoms with E-state index in [-0.39, 0.29) is 12.2 Å². The molecule has 0 radical (unpaired) electrons. The average molecular weight is 406 g/mol. The summed E-state index contributed by atoms with van der Waals surface area (Å²) in [6, 6.07) is 16.4. The van der Waals surface area contributed by atoms with Crippen molar-refractivity contribution < 1.29 is 18.9 Å². The van der Waals surface area contributed by atoms with Crippen molar-refractivity contribution in [2.24, 2.45) is 7.05 Å². The van der Waals surface area contributed by atoms with E-state index in [0.29, 0.717) is 13.2 Å². The number of epoxide rings is 2. The predicted octanol–water partition coefficient (Wildman–Crippen LogP) is 3.87. The van der Waals surface area contributed by atoms with Crippen molar-refractivity contribution in [3.8, 4) is 34.0 Å². The molecule has 0 amide bonds. The number of benzene rings is 2. The van der Waals surface area contributed by atoms with Crippen LogP contribution in [0.3, 0.4) is 0 Å². The fourth-order valence-corrected chi connectivity index (χ4v) is 3.62. The zero-order valence-electron chi connectivity index (χ0n) is 17.3. The third-order valence-corrected chi connectivity index (χ3v) is 5.43. The lowest BCUT2D eigenvalue weighted by molar-refractivity contribution is 0.263. The first-order valence-corrected chi connectivity index (χ1v) is 10.5. The van der Waals surface area contributed by atoms with Crippen LogP contribution in [-0.2, 0) is 22.9 Å². The maximum Gasteiger partial charge on any atom is 0.119 e. The van der Waals surface area contributed by atoms with Gasteiger partial charge in [-0.2, -0.15) is 5.10 Å². The van der Waals surface area contributed by atoms with E-state index in [1.54, 1.807) is 0 Å². The molecular weight excluding hydrogens is 380 g/mol. The number of aromatic nitrogens is 2. The van der Waals surface area contributed by atoms with Crippen LogP contribution in [0, 0.1) is 0 Å². The minimum absolute atomic E-state index is 0.258. The molecule has 2 fully saturated rings. The van der Waals surface area contributed by atoms with Crippen molar-refractivity contribution in [1.82, 2.24) is 9.78 Å². The lowest BCUT2D eigenvalue weighted by Gasteiger charge is -2.09.